The SMILES string of the molecule is C=CCc1cc(-c2ccccc2O)c(O)c(NCc2ccc(C)c(C)c2)c1CC=C. The predicted octanol–water partition coefficient (Wildman–Crippen LogP) is 6.45. The second kappa shape index (κ2) is 9.36. The number of nitrogens with one attached hydrogen (secondary N) is 1. The topological polar surface area (TPSA) is 52.5 Å². The molecule has 3 aromatic rings. The van der Waals surface area contributed by atoms with Crippen LogP contribution in [0.5, 0.6) is 11.5 Å². The van der Waals surface area contributed by atoms with Gasteiger partial charge < -0.3 is 15.5 Å². The van der Waals surface area contributed by atoms with E-state index < -0.39 is 0 Å². The second-order valence-corrected chi connectivity index (χ2v) is 7.56. The van der Waals surface area contributed by atoms with E-state index >= 15 is 0 Å². The molecule has 0 amide bonds. The van der Waals surface area contributed by atoms with Gasteiger partial charge in [-0.1, -0.05) is 48.6 Å². The highest BCUT2D eigenvalue weighted by molar-refractivity contribution is 5.84. The first-order valence-electron chi connectivity index (χ1n) is 10.1. The van der Waals surface area contributed by atoms with Crippen LogP contribution in [0.25, 0.3) is 11.1 Å². The van der Waals surface area contributed by atoms with E-state index in [1.165, 1.54) is 11.1 Å². The molecule has 0 saturated heterocycles. The number of rotatable bonds is 8. The highest BCUT2D eigenvalue weighted by atomic mass is 16.3. The smallest absolute Gasteiger partial charge is 0.146 e. The lowest BCUT2D eigenvalue weighted by Crippen LogP contribution is -2.06. The van der Waals surface area contributed by atoms with Crippen LogP contribution in [0.2, 0.25) is 0 Å². The second-order valence-electron chi connectivity index (χ2n) is 7.56. The van der Waals surface area contributed by atoms with Crippen LogP contribution in [0.4, 0.5) is 5.69 Å². The number of aromatic hydroxyl groups is 2. The lowest BCUT2D eigenvalue weighted by Gasteiger charge is -2.20. The number of phenols is 2. The van der Waals surface area contributed by atoms with Gasteiger partial charge in [-0.05, 0) is 66.6 Å². The van der Waals surface area contributed by atoms with Crippen molar-refractivity contribution in [1.82, 2.24) is 0 Å². The van der Waals surface area contributed by atoms with Crippen LogP contribution >= 0.6 is 0 Å². The van der Waals surface area contributed by atoms with Gasteiger partial charge in [0.2, 0.25) is 0 Å². The average molecular weight is 400 g/mol. The van der Waals surface area contributed by atoms with Crippen molar-refractivity contribution < 1.29 is 10.2 Å². The summed E-state index contributed by atoms with van der Waals surface area (Å²) in [5.41, 5.74) is 7.53. The van der Waals surface area contributed by atoms with E-state index in [0.717, 1.165) is 16.7 Å². The fraction of sp³-hybridized carbons (Fsp3) is 0.185. The normalized spacial score (nSPS) is 10.6. The largest absolute Gasteiger partial charge is 0.507 e. The number of allylic oxidation sites excluding steroid dienone is 2. The number of para-hydroxylation sites is 1. The quantitative estimate of drug-likeness (QED) is 0.301. The van der Waals surface area contributed by atoms with Crippen LogP contribution in [0.15, 0.2) is 73.8 Å². The zero-order valence-corrected chi connectivity index (χ0v) is 17.7. The molecule has 0 bridgehead atoms. The van der Waals surface area contributed by atoms with Gasteiger partial charge in [0, 0.05) is 17.7 Å². The molecule has 3 rings (SSSR count). The Hall–Kier alpha value is -3.46. The first kappa shape index (κ1) is 21.3. The Balaban J connectivity index is 2.12. The Morgan fingerprint density at radius 1 is 0.867 bits per heavy atom. The van der Waals surface area contributed by atoms with Gasteiger partial charge in [-0.25, -0.2) is 0 Å². The summed E-state index contributed by atoms with van der Waals surface area (Å²) in [6.07, 6.45) is 4.96. The molecular weight excluding hydrogens is 370 g/mol. The van der Waals surface area contributed by atoms with Crippen LogP contribution in [-0.2, 0) is 19.4 Å². The molecule has 30 heavy (non-hydrogen) atoms. The summed E-state index contributed by atoms with van der Waals surface area (Å²) in [4.78, 5) is 0. The maximum absolute atomic E-state index is 11.2. The van der Waals surface area contributed by atoms with Crippen LogP contribution in [0, 0.1) is 13.8 Å². The molecule has 0 aliphatic carbocycles. The van der Waals surface area contributed by atoms with Crippen LogP contribution < -0.4 is 5.32 Å². The van der Waals surface area contributed by atoms with Gasteiger partial charge in [0.25, 0.3) is 0 Å². The predicted molar refractivity (Wildman–Crippen MR) is 126 cm³/mol. The molecule has 3 N–H and O–H groups in total. The Morgan fingerprint density at radius 3 is 2.27 bits per heavy atom. The van der Waals surface area contributed by atoms with Crippen molar-refractivity contribution >= 4 is 5.69 Å². The van der Waals surface area contributed by atoms with Crippen molar-refractivity contribution in [3.8, 4) is 22.6 Å². The van der Waals surface area contributed by atoms with Gasteiger partial charge in [0.15, 0.2) is 0 Å². The summed E-state index contributed by atoms with van der Waals surface area (Å²) in [6, 6.07) is 15.4. The maximum Gasteiger partial charge on any atom is 0.146 e. The summed E-state index contributed by atoms with van der Waals surface area (Å²) in [5, 5.41) is 25.0. The van der Waals surface area contributed by atoms with Crippen molar-refractivity contribution in [3.05, 3.63) is 102 Å². The molecule has 0 aromatic heterocycles. The number of hydrogen-bond acceptors (Lipinski definition) is 3. The molecule has 3 nitrogen and oxygen atoms in total. The number of hydrogen-bond donors (Lipinski definition) is 3. The van der Waals surface area contributed by atoms with Crippen LogP contribution in [0.1, 0.15) is 27.8 Å². The molecule has 0 unspecified atom stereocenters. The van der Waals surface area contributed by atoms with E-state index in [1.54, 1.807) is 12.1 Å². The highest BCUT2D eigenvalue weighted by Gasteiger charge is 2.19. The van der Waals surface area contributed by atoms with Crippen molar-refractivity contribution in [2.75, 3.05) is 5.32 Å². The van der Waals surface area contributed by atoms with Gasteiger partial charge >= 0.3 is 0 Å². The molecule has 0 fully saturated rings. The third-order valence-corrected chi connectivity index (χ3v) is 5.45. The van der Waals surface area contributed by atoms with Crippen LogP contribution in [-0.4, -0.2) is 10.2 Å². The van der Waals surface area contributed by atoms with E-state index in [0.29, 0.717) is 36.2 Å². The number of benzene rings is 3. The lowest BCUT2D eigenvalue weighted by molar-refractivity contribution is 0.469. The van der Waals surface area contributed by atoms with Gasteiger partial charge in [0.05, 0.1) is 5.69 Å². The van der Waals surface area contributed by atoms with E-state index in [-0.39, 0.29) is 11.5 Å². The molecule has 0 spiro atoms. The molecular formula is C27H29NO2. The summed E-state index contributed by atoms with van der Waals surface area (Å²) in [5.74, 6) is 0.263. The van der Waals surface area contributed by atoms with Crippen molar-refractivity contribution in [1.29, 1.82) is 0 Å². The molecule has 0 heterocycles. The van der Waals surface area contributed by atoms with Gasteiger partial charge in [-0.15, -0.1) is 13.2 Å². The molecule has 0 radical (unpaired) electrons. The summed E-state index contributed by atoms with van der Waals surface area (Å²) >= 11 is 0. The minimum Gasteiger partial charge on any atom is -0.507 e. The minimum atomic E-state index is 0.130. The molecule has 3 heteroatoms. The summed E-state index contributed by atoms with van der Waals surface area (Å²) < 4.78 is 0. The summed E-state index contributed by atoms with van der Waals surface area (Å²) in [6.45, 7) is 12.5. The Labute approximate surface area is 179 Å². The first-order valence-corrected chi connectivity index (χ1v) is 10.1. The van der Waals surface area contributed by atoms with E-state index in [9.17, 15) is 10.2 Å². The van der Waals surface area contributed by atoms with Crippen molar-refractivity contribution in [3.63, 3.8) is 0 Å². The van der Waals surface area contributed by atoms with Gasteiger partial charge in [0.1, 0.15) is 11.5 Å². The summed E-state index contributed by atoms with van der Waals surface area (Å²) in [7, 11) is 0. The monoisotopic (exact) mass is 399 g/mol. The van der Waals surface area contributed by atoms with Crippen molar-refractivity contribution in [2.45, 2.75) is 33.2 Å². The highest BCUT2D eigenvalue weighted by Crippen LogP contribution is 2.43. The zero-order valence-electron chi connectivity index (χ0n) is 17.7. The number of anilines is 1. The Morgan fingerprint density at radius 2 is 1.60 bits per heavy atom. The minimum absolute atomic E-state index is 0.130. The first-order chi connectivity index (χ1) is 14.5. The molecule has 0 aliphatic rings. The van der Waals surface area contributed by atoms with Crippen LogP contribution in [0.3, 0.4) is 0 Å². The fourth-order valence-corrected chi connectivity index (χ4v) is 3.68. The van der Waals surface area contributed by atoms with Gasteiger partial charge in [-0.3, -0.25) is 0 Å². The maximum atomic E-state index is 11.2. The van der Waals surface area contributed by atoms with E-state index in [1.807, 2.05) is 30.4 Å². The van der Waals surface area contributed by atoms with E-state index in [2.05, 4.69) is 50.5 Å². The number of phenolic OH excluding ortho intramolecular Hbond substituents is 2. The molecule has 0 atom stereocenters. The molecule has 3 aromatic carbocycles. The average Bonchev–Trinajstić information content (AvgIpc) is 2.73. The van der Waals surface area contributed by atoms with E-state index in [4.69, 9.17) is 0 Å². The fourth-order valence-electron chi connectivity index (χ4n) is 3.68. The molecule has 154 valence electrons. The lowest BCUT2D eigenvalue weighted by atomic mass is 9.92. The Kier molecular flexibility index (Phi) is 6.63. The van der Waals surface area contributed by atoms with Gasteiger partial charge in [-0.2, -0.15) is 0 Å². The third kappa shape index (κ3) is 4.41. The molecule has 0 saturated carbocycles. The third-order valence-electron chi connectivity index (χ3n) is 5.45. The number of aryl methyl sites for hydroxylation is 2. The Bertz CT molecular complexity index is 1080. The molecule has 0 aliphatic heterocycles. The van der Waals surface area contributed by atoms with Crippen molar-refractivity contribution in [2.24, 2.45) is 0 Å². The standard InChI is InChI=1S/C27H29NO2/c1-5-9-21-16-24(23-11-7-8-12-25(23)29)27(30)26(22(21)10-6-2)28-17-20-14-13-18(3)19(4)15-20/h5-8,11-16,28-30H,1-2,9-10,17H2,3-4H3. The zero-order chi connectivity index (χ0) is 21.7.